The zero-order chi connectivity index (χ0) is 17.2. The first-order valence-electron chi connectivity index (χ1n) is 8.14. The van der Waals surface area contributed by atoms with Crippen molar-refractivity contribution in [1.82, 2.24) is 10.2 Å². The third-order valence-electron chi connectivity index (χ3n) is 4.28. The first kappa shape index (κ1) is 15.2. The number of carbonyl (C=O) groups excluding carboxylic acids is 1. The van der Waals surface area contributed by atoms with E-state index in [2.05, 4.69) is 34.5 Å². The number of benzene rings is 3. The van der Waals surface area contributed by atoms with Crippen LogP contribution in [0.2, 0.25) is 0 Å². The van der Waals surface area contributed by atoms with E-state index in [9.17, 15) is 4.79 Å². The van der Waals surface area contributed by atoms with Gasteiger partial charge >= 0.3 is 0 Å². The van der Waals surface area contributed by atoms with Crippen molar-refractivity contribution in [1.29, 1.82) is 0 Å². The number of aryl methyl sites for hydroxylation is 1. The molecule has 120 valence electrons. The summed E-state index contributed by atoms with van der Waals surface area (Å²) in [4.78, 5) is 12.7. The Hall–Kier alpha value is -3.33. The van der Waals surface area contributed by atoms with Gasteiger partial charge in [0.1, 0.15) is 0 Å². The predicted molar refractivity (Wildman–Crippen MR) is 99.6 cm³/mol. The zero-order valence-electron chi connectivity index (χ0n) is 13.8. The van der Waals surface area contributed by atoms with Crippen molar-refractivity contribution in [2.24, 2.45) is 0 Å². The Kier molecular flexibility index (Phi) is 3.82. The summed E-state index contributed by atoms with van der Waals surface area (Å²) in [6.45, 7) is 2.00. The van der Waals surface area contributed by atoms with Gasteiger partial charge in [0.15, 0.2) is 5.78 Å². The van der Waals surface area contributed by atoms with Gasteiger partial charge in [0.25, 0.3) is 0 Å². The molecular weight excluding hydrogens is 308 g/mol. The molecule has 0 unspecified atom stereocenters. The van der Waals surface area contributed by atoms with Gasteiger partial charge in [-0.25, -0.2) is 0 Å². The van der Waals surface area contributed by atoms with Gasteiger partial charge < -0.3 is 0 Å². The first-order valence-corrected chi connectivity index (χ1v) is 8.14. The molecule has 0 aliphatic heterocycles. The molecule has 0 aliphatic carbocycles. The highest BCUT2D eigenvalue weighted by Crippen LogP contribution is 2.23. The van der Waals surface area contributed by atoms with Crippen LogP contribution in [0.4, 0.5) is 0 Å². The number of carbonyl (C=O) groups is 1. The molecule has 25 heavy (non-hydrogen) atoms. The maximum Gasteiger partial charge on any atom is 0.194 e. The van der Waals surface area contributed by atoms with Crippen molar-refractivity contribution in [3.8, 4) is 11.3 Å². The Morgan fingerprint density at radius 2 is 1.56 bits per heavy atom. The molecule has 3 nitrogen and oxygen atoms in total. The van der Waals surface area contributed by atoms with Crippen molar-refractivity contribution in [2.45, 2.75) is 6.92 Å². The Bertz CT molecular complexity index is 1070. The zero-order valence-corrected chi connectivity index (χ0v) is 13.8. The molecule has 0 N–H and O–H groups in total. The van der Waals surface area contributed by atoms with Crippen LogP contribution < -0.4 is 0 Å². The van der Waals surface area contributed by atoms with Crippen LogP contribution in [0.5, 0.6) is 0 Å². The lowest BCUT2D eigenvalue weighted by Gasteiger charge is -2.05. The fourth-order valence-corrected chi connectivity index (χ4v) is 2.85. The molecule has 1 heterocycles. The molecule has 4 aromatic rings. The average molecular weight is 324 g/mol. The molecule has 0 radical (unpaired) electrons. The molecule has 0 saturated carbocycles. The number of hydrogen-bond acceptors (Lipinski definition) is 3. The van der Waals surface area contributed by atoms with E-state index in [0.29, 0.717) is 16.8 Å². The van der Waals surface area contributed by atoms with E-state index in [1.807, 2.05) is 49.4 Å². The molecule has 0 fully saturated rings. The van der Waals surface area contributed by atoms with Crippen LogP contribution in [0.1, 0.15) is 21.5 Å². The second-order valence-corrected chi connectivity index (χ2v) is 6.09. The monoisotopic (exact) mass is 324 g/mol. The summed E-state index contributed by atoms with van der Waals surface area (Å²) in [6, 6.07) is 23.7. The number of hydrogen-bond donors (Lipinski definition) is 0. The molecule has 3 aromatic carbocycles. The van der Waals surface area contributed by atoms with Crippen LogP contribution in [0.3, 0.4) is 0 Å². The minimum atomic E-state index is -0.0445. The summed E-state index contributed by atoms with van der Waals surface area (Å²) in [5, 5.41) is 10.5. The summed E-state index contributed by atoms with van der Waals surface area (Å²) < 4.78 is 0. The van der Waals surface area contributed by atoms with Crippen molar-refractivity contribution >= 4 is 16.6 Å². The fraction of sp³-hybridized carbons (Fsp3) is 0.0455. The quantitative estimate of drug-likeness (QED) is 0.507. The van der Waals surface area contributed by atoms with Crippen LogP contribution in [0.15, 0.2) is 79.0 Å². The van der Waals surface area contributed by atoms with Gasteiger partial charge in [0, 0.05) is 16.7 Å². The first-order chi connectivity index (χ1) is 12.2. The van der Waals surface area contributed by atoms with Crippen LogP contribution in [-0.2, 0) is 0 Å². The van der Waals surface area contributed by atoms with Crippen molar-refractivity contribution in [2.75, 3.05) is 0 Å². The normalized spacial score (nSPS) is 10.8. The van der Waals surface area contributed by atoms with Crippen LogP contribution in [0, 0.1) is 6.92 Å². The molecule has 0 saturated heterocycles. The Morgan fingerprint density at radius 1 is 0.800 bits per heavy atom. The summed E-state index contributed by atoms with van der Waals surface area (Å²) in [6.07, 6.45) is 1.52. The third kappa shape index (κ3) is 3.04. The SMILES string of the molecule is Cc1ccc(C(=O)c2cnnc(-c3ccc4ccccc4c3)c2)cc1. The lowest BCUT2D eigenvalue weighted by Crippen LogP contribution is -2.03. The van der Waals surface area contributed by atoms with Gasteiger partial charge in [-0.15, -0.1) is 0 Å². The molecule has 0 aliphatic rings. The van der Waals surface area contributed by atoms with E-state index in [0.717, 1.165) is 16.5 Å². The van der Waals surface area contributed by atoms with E-state index in [4.69, 9.17) is 0 Å². The standard InChI is InChI=1S/C22H16N2O/c1-15-6-8-17(9-7-15)22(25)20-13-21(24-23-14-20)19-11-10-16-4-2-3-5-18(16)12-19/h2-14H,1H3. The van der Waals surface area contributed by atoms with Crippen LogP contribution >= 0.6 is 0 Å². The average Bonchev–Trinajstić information content (AvgIpc) is 2.68. The van der Waals surface area contributed by atoms with Crippen LogP contribution in [-0.4, -0.2) is 16.0 Å². The molecule has 1 aromatic heterocycles. The summed E-state index contributed by atoms with van der Waals surface area (Å²) in [5.41, 5.74) is 3.97. The Balaban J connectivity index is 1.73. The maximum absolute atomic E-state index is 12.7. The summed E-state index contributed by atoms with van der Waals surface area (Å²) in [5.74, 6) is -0.0445. The van der Waals surface area contributed by atoms with Gasteiger partial charge in [0.05, 0.1) is 11.9 Å². The van der Waals surface area contributed by atoms with E-state index in [1.54, 1.807) is 6.07 Å². The maximum atomic E-state index is 12.7. The van der Waals surface area contributed by atoms with Gasteiger partial charge in [-0.3, -0.25) is 4.79 Å². The lowest BCUT2D eigenvalue weighted by atomic mass is 10.0. The molecule has 0 bridgehead atoms. The highest BCUT2D eigenvalue weighted by molar-refractivity contribution is 6.09. The minimum Gasteiger partial charge on any atom is -0.289 e. The largest absolute Gasteiger partial charge is 0.289 e. The van der Waals surface area contributed by atoms with Crippen molar-refractivity contribution in [3.05, 3.63) is 95.7 Å². The molecule has 0 amide bonds. The van der Waals surface area contributed by atoms with E-state index < -0.39 is 0 Å². The van der Waals surface area contributed by atoms with Crippen LogP contribution in [0.25, 0.3) is 22.0 Å². The predicted octanol–water partition coefficient (Wildman–Crippen LogP) is 4.84. The van der Waals surface area contributed by atoms with Gasteiger partial charge in [-0.05, 0) is 29.8 Å². The number of aromatic nitrogens is 2. The minimum absolute atomic E-state index is 0.0445. The van der Waals surface area contributed by atoms with E-state index in [-0.39, 0.29) is 5.78 Å². The van der Waals surface area contributed by atoms with E-state index in [1.165, 1.54) is 11.6 Å². The second kappa shape index (κ2) is 6.29. The Morgan fingerprint density at radius 3 is 2.36 bits per heavy atom. The number of ketones is 1. The highest BCUT2D eigenvalue weighted by atomic mass is 16.1. The summed E-state index contributed by atoms with van der Waals surface area (Å²) >= 11 is 0. The summed E-state index contributed by atoms with van der Waals surface area (Å²) in [7, 11) is 0. The molecular formula is C22H16N2O. The molecule has 0 spiro atoms. The number of nitrogens with zero attached hydrogens (tertiary/aromatic N) is 2. The van der Waals surface area contributed by atoms with E-state index >= 15 is 0 Å². The molecule has 3 heteroatoms. The topological polar surface area (TPSA) is 42.9 Å². The fourth-order valence-electron chi connectivity index (χ4n) is 2.85. The number of fused-ring (bicyclic) bond motifs is 1. The van der Waals surface area contributed by atoms with Gasteiger partial charge in [-0.1, -0.05) is 66.2 Å². The van der Waals surface area contributed by atoms with Gasteiger partial charge in [-0.2, -0.15) is 10.2 Å². The van der Waals surface area contributed by atoms with Crippen molar-refractivity contribution < 1.29 is 4.79 Å². The smallest absolute Gasteiger partial charge is 0.194 e. The highest BCUT2D eigenvalue weighted by Gasteiger charge is 2.11. The second-order valence-electron chi connectivity index (χ2n) is 6.09. The lowest BCUT2D eigenvalue weighted by molar-refractivity contribution is 0.103. The molecule has 4 rings (SSSR count). The van der Waals surface area contributed by atoms with Crippen molar-refractivity contribution in [3.63, 3.8) is 0 Å². The van der Waals surface area contributed by atoms with Gasteiger partial charge in [0.2, 0.25) is 0 Å². The Labute approximate surface area is 146 Å². The third-order valence-corrected chi connectivity index (χ3v) is 4.28. The number of rotatable bonds is 3. The molecule has 0 atom stereocenters.